The second-order valence-corrected chi connectivity index (χ2v) is 5.83. The van der Waals surface area contributed by atoms with Crippen LogP contribution in [0.25, 0.3) is 0 Å². The van der Waals surface area contributed by atoms with Gasteiger partial charge in [-0.25, -0.2) is 0 Å². The van der Waals surface area contributed by atoms with Gasteiger partial charge < -0.3 is 10.6 Å². The highest BCUT2D eigenvalue weighted by Gasteiger charge is 2.34. The van der Waals surface area contributed by atoms with Gasteiger partial charge in [-0.3, -0.25) is 20.0 Å². The molecule has 1 unspecified atom stereocenters. The van der Waals surface area contributed by atoms with Crippen molar-refractivity contribution in [2.45, 2.75) is 25.2 Å². The number of likely N-dealkylation sites (tertiary alicyclic amines) is 1. The van der Waals surface area contributed by atoms with E-state index in [-0.39, 0.29) is 11.7 Å². The molecule has 0 aliphatic carbocycles. The van der Waals surface area contributed by atoms with Gasteiger partial charge in [0.15, 0.2) is 5.96 Å². The summed E-state index contributed by atoms with van der Waals surface area (Å²) in [6, 6.07) is 6.00. The Morgan fingerprint density at radius 1 is 1.40 bits per heavy atom. The lowest BCUT2D eigenvalue weighted by Crippen LogP contribution is -2.44. The van der Waals surface area contributed by atoms with E-state index in [9.17, 15) is 23.3 Å². The molecule has 1 aliphatic rings. The maximum Gasteiger partial charge on any atom is 0.401 e. The molecule has 25 heavy (non-hydrogen) atoms. The molecule has 2 rings (SSSR count). The number of guanidine groups is 1. The highest BCUT2D eigenvalue weighted by molar-refractivity contribution is 5.80. The summed E-state index contributed by atoms with van der Waals surface area (Å²) < 4.78 is 37.2. The van der Waals surface area contributed by atoms with E-state index in [1.54, 1.807) is 19.2 Å². The van der Waals surface area contributed by atoms with Crippen molar-refractivity contribution in [2.24, 2.45) is 4.99 Å². The maximum atomic E-state index is 12.4. The second-order valence-electron chi connectivity index (χ2n) is 5.83. The fourth-order valence-electron chi connectivity index (χ4n) is 2.66. The molecule has 0 saturated carbocycles. The third-order valence-corrected chi connectivity index (χ3v) is 3.85. The Kier molecular flexibility index (Phi) is 6.18. The summed E-state index contributed by atoms with van der Waals surface area (Å²) in [6.45, 7) is 0.185. The third kappa shape index (κ3) is 6.22. The van der Waals surface area contributed by atoms with Crippen LogP contribution >= 0.6 is 0 Å². The van der Waals surface area contributed by atoms with Crippen LogP contribution in [0.2, 0.25) is 0 Å². The Bertz CT molecular complexity index is 619. The third-order valence-electron chi connectivity index (χ3n) is 3.85. The molecule has 1 fully saturated rings. The number of hydrogen-bond acceptors (Lipinski definition) is 4. The lowest BCUT2D eigenvalue weighted by Gasteiger charge is -2.19. The van der Waals surface area contributed by atoms with Gasteiger partial charge in [-0.05, 0) is 12.0 Å². The molecule has 1 atom stereocenters. The highest BCUT2D eigenvalue weighted by Crippen LogP contribution is 2.20. The smallest absolute Gasteiger partial charge is 0.352 e. The number of nitro groups is 1. The standard InChI is InChI=1S/C15H20F3N5O2/c1-19-14(20-8-11-2-4-13(5-3-11)23(24)25)21-12-6-7-22(9-12)10-15(16,17)18/h2-5,12H,6-10H2,1H3,(H2,19,20,21). The van der Waals surface area contributed by atoms with Gasteiger partial charge in [0.2, 0.25) is 0 Å². The fourth-order valence-corrected chi connectivity index (χ4v) is 2.66. The number of hydrogen-bond donors (Lipinski definition) is 2. The summed E-state index contributed by atoms with van der Waals surface area (Å²) in [6.07, 6.45) is -3.58. The van der Waals surface area contributed by atoms with Crippen molar-refractivity contribution in [3.05, 3.63) is 39.9 Å². The molecule has 0 bridgehead atoms. The zero-order chi connectivity index (χ0) is 18.4. The largest absolute Gasteiger partial charge is 0.401 e. The van der Waals surface area contributed by atoms with E-state index in [0.717, 1.165) is 5.56 Å². The van der Waals surface area contributed by atoms with Crippen molar-refractivity contribution in [1.29, 1.82) is 0 Å². The van der Waals surface area contributed by atoms with E-state index in [0.29, 0.717) is 32.0 Å². The molecule has 0 amide bonds. The maximum absolute atomic E-state index is 12.4. The van der Waals surface area contributed by atoms with Gasteiger partial charge in [0, 0.05) is 44.9 Å². The second kappa shape index (κ2) is 8.15. The lowest BCUT2D eigenvalue weighted by atomic mass is 10.2. The first-order chi connectivity index (χ1) is 11.8. The van der Waals surface area contributed by atoms with E-state index in [1.165, 1.54) is 17.0 Å². The predicted octanol–water partition coefficient (Wildman–Crippen LogP) is 1.90. The quantitative estimate of drug-likeness (QED) is 0.363. The van der Waals surface area contributed by atoms with E-state index >= 15 is 0 Å². The summed E-state index contributed by atoms with van der Waals surface area (Å²) in [5, 5.41) is 16.8. The Morgan fingerprint density at radius 3 is 2.64 bits per heavy atom. The number of nitrogens with zero attached hydrogens (tertiary/aromatic N) is 3. The molecule has 1 heterocycles. The average molecular weight is 359 g/mol. The molecule has 1 aromatic rings. The first-order valence-electron chi connectivity index (χ1n) is 7.76. The predicted molar refractivity (Wildman–Crippen MR) is 87.3 cm³/mol. The molecule has 0 spiro atoms. The minimum atomic E-state index is -4.19. The summed E-state index contributed by atoms with van der Waals surface area (Å²) in [4.78, 5) is 15.6. The summed E-state index contributed by atoms with van der Waals surface area (Å²) >= 11 is 0. The van der Waals surface area contributed by atoms with Crippen molar-refractivity contribution in [3.63, 3.8) is 0 Å². The lowest BCUT2D eigenvalue weighted by molar-refractivity contribution is -0.384. The van der Waals surface area contributed by atoms with E-state index in [2.05, 4.69) is 15.6 Å². The molecule has 2 N–H and O–H groups in total. The van der Waals surface area contributed by atoms with E-state index < -0.39 is 17.6 Å². The van der Waals surface area contributed by atoms with Gasteiger partial charge in [-0.2, -0.15) is 13.2 Å². The van der Waals surface area contributed by atoms with Crippen LogP contribution in [0.15, 0.2) is 29.3 Å². The number of nitro benzene ring substituents is 1. The van der Waals surface area contributed by atoms with Crippen molar-refractivity contribution in [3.8, 4) is 0 Å². The monoisotopic (exact) mass is 359 g/mol. The van der Waals surface area contributed by atoms with Crippen LogP contribution in [0, 0.1) is 10.1 Å². The van der Waals surface area contributed by atoms with Crippen LogP contribution in [-0.2, 0) is 6.54 Å². The first-order valence-corrected chi connectivity index (χ1v) is 7.76. The van der Waals surface area contributed by atoms with E-state index in [1.807, 2.05) is 0 Å². The normalized spacial score (nSPS) is 19.0. The minimum Gasteiger partial charge on any atom is -0.352 e. The molecule has 7 nitrogen and oxygen atoms in total. The van der Waals surface area contributed by atoms with Crippen LogP contribution in [0.1, 0.15) is 12.0 Å². The molecule has 1 aromatic carbocycles. The molecule has 0 aromatic heterocycles. The average Bonchev–Trinajstić information content (AvgIpc) is 2.96. The fraction of sp³-hybridized carbons (Fsp3) is 0.533. The summed E-state index contributed by atoms with van der Waals surface area (Å²) in [5.74, 6) is 0.484. The van der Waals surface area contributed by atoms with Gasteiger partial charge in [-0.1, -0.05) is 12.1 Å². The van der Waals surface area contributed by atoms with Crippen LogP contribution < -0.4 is 10.6 Å². The molecule has 1 saturated heterocycles. The Balaban J connectivity index is 1.80. The number of rotatable bonds is 5. The molecule has 1 aliphatic heterocycles. The van der Waals surface area contributed by atoms with Crippen molar-refractivity contribution < 1.29 is 18.1 Å². The van der Waals surface area contributed by atoms with Gasteiger partial charge in [-0.15, -0.1) is 0 Å². The van der Waals surface area contributed by atoms with Crippen molar-refractivity contribution >= 4 is 11.6 Å². The van der Waals surface area contributed by atoms with Crippen molar-refractivity contribution in [2.75, 3.05) is 26.7 Å². The molecule has 138 valence electrons. The number of nitrogens with one attached hydrogen (secondary N) is 2. The topological polar surface area (TPSA) is 82.8 Å². The molecular weight excluding hydrogens is 339 g/mol. The first kappa shape index (κ1) is 19.0. The number of non-ortho nitro benzene ring substituents is 1. The Morgan fingerprint density at radius 2 is 2.08 bits per heavy atom. The van der Waals surface area contributed by atoms with Crippen LogP contribution in [0.4, 0.5) is 18.9 Å². The van der Waals surface area contributed by atoms with E-state index in [4.69, 9.17) is 0 Å². The van der Waals surface area contributed by atoms with Gasteiger partial charge in [0.05, 0.1) is 11.5 Å². The number of halogens is 3. The zero-order valence-corrected chi connectivity index (χ0v) is 13.7. The zero-order valence-electron chi connectivity index (χ0n) is 13.7. The number of alkyl halides is 3. The number of aliphatic imine (C=N–C) groups is 1. The number of benzene rings is 1. The minimum absolute atomic E-state index is 0.0157. The summed E-state index contributed by atoms with van der Waals surface area (Å²) in [7, 11) is 1.58. The Labute approximate surface area is 143 Å². The van der Waals surface area contributed by atoms with Gasteiger partial charge >= 0.3 is 6.18 Å². The summed E-state index contributed by atoms with van der Waals surface area (Å²) in [5.41, 5.74) is 0.848. The molecule has 0 radical (unpaired) electrons. The molecular formula is C15H20F3N5O2. The molecule has 10 heteroatoms. The van der Waals surface area contributed by atoms with Crippen LogP contribution in [0.5, 0.6) is 0 Å². The van der Waals surface area contributed by atoms with Crippen LogP contribution in [-0.4, -0.2) is 54.7 Å². The van der Waals surface area contributed by atoms with Gasteiger partial charge in [0.25, 0.3) is 5.69 Å². The van der Waals surface area contributed by atoms with Crippen LogP contribution in [0.3, 0.4) is 0 Å². The Hall–Kier alpha value is -2.36. The SMILES string of the molecule is CN=C(NCc1ccc([N+](=O)[O-])cc1)NC1CCN(CC(F)(F)F)C1. The van der Waals surface area contributed by atoms with Crippen molar-refractivity contribution in [1.82, 2.24) is 15.5 Å². The highest BCUT2D eigenvalue weighted by atomic mass is 19.4. The van der Waals surface area contributed by atoms with Gasteiger partial charge in [0.1, 0.15) is 0 Å².